The quantitative estimate of drug-likeness (QED) is 0.740. The highest BCUT2D eigenvalue weighted by molar-refractivity contribution is 5.96. The van der Waals surface area contributed by atoms with Gasteiger partial charge in [-0.2, -0.15) is 0 Å². The van der Waals surface area contributed by atoms with Gasteiger partial charge in [-0.05, 0) is 50.2 Å². The maximum Gasteiger partial charge on any atom is 0.254 e. The number of aliphatic hydroxyl groups excluding tert-OH is 1. The smallest absolute Gasteiger partial charge is 0.254 e. The van der Waals surface area contributed by atoms with Crippen LogP contribution < -0.4 is 5.32 Å². The molecule has 2 amide bonds. The van der Waals surface area contributed by atoms with E-state index in [1.165, 1.54) is 0 Å². The van der Waals surface area contributed by atoms with Gasteiger partial charge in [-0.1, -0.05) is 18.2 Å². The van der Waals surface area contributed by atoms with Gasteiger partial charge < -0.3 is 20.1 Å². The molecule has 4 rings (SSSR count). The van der Waals surface area contributed by atoms with E-state index in [0.29, 0.717) is 24.7 Å². The minimum absolute atomic E-state index is 0.00531. The van der Waals surface area contributed by atoms with Crippen molar-refractivity contribution in [1.29, 1.82) is 0 Å². The minimum atomic E-state index is -0.575. The van der Waals surface area contributed by atoms with E-state index >= 15 is 0 Å². The molecule has 2 saturated heterocycles. The van der Waals surface area contributed by atoms with Crippen molar-refractivity contribution in [3.63, 3.8) is 0 Å². The Bertz CT molecular complexity index is 795. The van der Waals surface area contributed by atoms with Gasteiger partial charge >= 0.3 is 0 Å². The third kappa shape index (κ3) is 4.49. The number of nitrogens with zero attached hydrogens (tertiary/aromatic N) is 2. The highest BCUT2D eigenvalue weighted by atomic mass is 16.5. The average molecular weight is 430 g/mol. The molecule has 2 heterocycles. The number of amides is 2. The molecule has 1 saturated carbocycles. The molecule has 31 heavy (non-hydrogen) atoms. The van der Waals surface area contributed by atoms with Crippen LogP contribution >= 0.6 is 0 Å². The van der Waals surface area contributed by atoms with E-state index in [1.54, 1.807) is 0 Å². The molecule has 3 aliphatic rings. The lowest BCUT2D eigenvalue weighted by Crippen LogP contribution is -2.61. The van der Waals surface area contributed by atoms with E-state index < -0.39 is 5.41 Å². The molecule has 2 N–H and O–H groups in total. The fourth-order valence-corrected chi connectivity index (χ4v) is 5.78. The summed E-state index contributed by atoms with van der Waals surface area (Å²) in [5.74, 6) is 0.254. The molecule has 7 heteroatoms. The van der Waals surface area contributed by atoms with E-state index in [4.69, 9.17) is 4.74 Å². The summed E-state index contributed by atoms with van der Waals surface area (Å²) >= 11 is 0. The van der Waals surface area contributed by atoms with Crippen molar-refractivity contribution in [2.24, 2.45) is 11.3 Å². The van der Waals surface area contributed by atoms with E-state index in [-0.39, 0.29) is 30.9 Å². The summed E-state index contributed by atoms with van der Waals surface area (Å²) in [5, 5.41) is 12.2. The van der Waals surface area contributed by atoms with Gasteiger partial charge in [0, 0.05) is 44.3 Å². The van der Waals surface area contributed by atoms with Crippen LogP contribution in [0.1, 0.15) is 41.6 Å². The van der Waals surface area contributed by atoms with Crippen molar-refractivity contribution in [2.75, 3.05) is 52.5 Å². The zero-order chi connectivity index (χ0) is 21.8. The van der Waals surface area contributed by atoms with E-state index in [9.17, 15) is 14.7 Å². The number of ether oxygens (including phenoxy) is 1. The molecule has 170 valence electrons. The SMILES string of the molecule is Cc1ccccc1C(=O)N1CC[C@@H]2C[C@@H](N3CCOCC3)CC[C@@]2(C(=O)NCCO)C1. The molecular weight excluding hydrogens is 394 g/mol. The van der Waals surface area contributed by atoms with E-state index in [2.05, 4.69) is 10.2 Å². The Morgan fingerprint density at radius 3 is 2.71 bits per heavy atom. The standard InChI is InChI=1S/C24H35N3O4/c1-18-4-2-3-5-21(18)22(29)27-10-7-19-16-20(26-11-14-31-15-12-26)6-8-24(19,17-27)23(30)25-9-13-28/h2-5,19-20,28H,6-17H2,1H3,(H,25,30)/t19-,20+,24-/m1/s1. The van der Waals surface area contributed by atoms with Gasteiger partial charge in [-0.25, -0.2) is 0 Å². The molecule has 0 spiro atoms. The number of hydrogen-bond donors (Lipinski definition) is 2. The van der Waals surface area contributed by atoms with Crippen LogP contribution in [-0.4, -0.2) is 85.3 Å². The van der Waals surface area contributed by atoms with Crippen LogP contribution in [0.5, 0.6) is 0 Å². The van der Waals surface area contributed by atoms with Crippen LogP contribution in [0.3, 0.4) is 0 Å². The number of aryl methyl sites for hydroxylation is 1. The summed E-state index contributed by atoms with van der Waals surface area (Å²) in [6.45, 7) is 6.75. The third-order valence-corrected chi connectivity index (χ3v) is 7.56. The van der Waals surface area contributed by atoms with Crippen LogP contribution in [0, 0.1) is 18.3 Å². The van der Waals surface area contributed by atoms with Gasteiger partial charge in [0.1, 0.15) is 0 Å². The maximum atomic E-state index is 13.4. The summed E-state index contributed by atoms with van der Waals surface area (Å²) in [6.07, 6.45) is 3.55. The molecule has 0 bridgehead atoms. The Morgan fingerprint density at radius 1 is 1.19 bits per heavy atom. The number of aliphatic hydroxyl groups is 1. The van der Waals surface area contributed by atoms with E-state index in [0.717, 1.165) is 57.6 Å². The van der Waals surface area contributed by atoms with Crippen LogP contribution in [0.2, 0.25) is 0 Å². The molecule has 3 fully saturated rings. The Kier molecular flexibility index (Phi) is 6.94. The fourth-order valence-electron chi connectivity index (χ4n) is 5.78. The van der Waals surface area contributed by atoms with E-state index in [1.807, 2.05) is 36.1 Å². The van der Waals surface area contributed by atoms with Crippen LogP contribution in [-0.2, 0) is 9.53 Å². The number of benzene rings is 1. The number of morpholine rings is 1. The second-order valence-corrected chi connectivity index (χ2v) is 9.24. The lowest BCUT2D eigenvalue weighted by atomic mass is 9.60. The average Bonchev–Trinajstić information content (AvgIpc) is 2.82. The third-order valence-electron chi connectivity index (χ3n) is 7.56. The van der Waals surface area contributed by atoms with Crippen molar-refractivity contribution in [3.05, 3.63) is 35.4 Å². The summed E-state index contributed by atoms with van der Waals surface area (Å²) < 4.78 is 5.52. The monoisotopic (exact) mass is 429 g/mol. The Labute approximate surface area is 184 Å². The van der Waals surface area contributed by atoms with Gasteiger partial charge in [0.05, 0.1) is 25.2 Å². The number of nitrogens with one attached hydrogen (secondary N) is 1. The van der Waals surface area contributed by atoms with Crippen molar-refractivity contribution in [2.45, 2.75) is 38.6 Å². The summed E-state index contributed by atoms with van der Waals surface area (Å²) in [4.78, 5) is 31.1. The normalized spacial score (nSPS) is 29.3. The lowest BCUT2D eigenvalue weighted by Gasteiger charge is -2.53. The second kappa shape index (κ2) is 9.67. The molecule has 2 aliphatic heterocycles. The number of hydrogen-bond acceptors (Lipinski definition) is 5. The predicted octanol–water partition coefficient (Wildman–Crippen LogP) is 1.44. The highest BCUT2D eigenvalue weighted by Crippen LogP contribution is 2.48. The summed E-state index contributed by atoms with van der Waals surface area (Å²) in [5.41, 5.74) is 1.10. The molecular formula is C24H35N3O4. The van der Waals surface area contributed by atoms with Gasteiger partial charge in [-0.15, -0.1) is 0 Å². The van der Waals surface area contributed by atoms with Crippen molar-refractivity contribution < 1.29 is 19.4 Å². The van der Waals surface area contributed by atoms with Crippen molar-refractivity contribution in [1.82, 2.24) is 15.1 Å². The van der Waals surface area contributed by atoms with Crippen LogP contribution in [0.25, 0.3) is 0 Å². The van der Waals surface area contributed by atoms with Gasteiger partial charge in [-0.3, -0.25) is 14.5 Å². The molecule has 0 aromatic heterocycles. The first-order chi connectivity index (χ1) is 15.0. The zero-order valence-electron chi connectivity index (χ0n) is 18.5. The second-order valence-electron chi connectivity index (χ2n) is 9.24. The van der Waals surface area contributed by atoms with Gasteiger partial charge in [0.15, 0.2) is 0 Å². The maximum absolute atomic E-state index is 13.4. The van der Waals surface area contributed by atoms with Crippen LogP contribution in [0.15, 0.2) is 24.3 Å². The topological polar surface area (TPSA) is 82.1 Å². The number of carbonyl (C=O) groups is 2. The molecule has 0 radical (unpaired) electrons. The number of likely N-dealkylation sites (tertiary alicyclic amines) is 1. The number of piperidine rings is 1. The number of fused-ring (bicyclic) bond motifs is 1. The molecule has 1 aliphatic carbocycles. The summed E-state index contributed by atoms with van der Waals surface area (Å²) in [6, 6.07) is 8.14. The molecule has 3 atom stereocenters. The largest absolute Gasteiger partial charge is 0.395 e. The summed E-state index contributed by atoms with van der Waals surface area (Å²) in [7, 11) is 0. The molecule has 7 nitrogen and oxygen atoms in total. The Balaban J connectivity index is 1.54. The predicted molar refractivity (Wildman–Crippen MR) is 118 cm³/mol. The fraction of sp³-hybridized carbons (Fsp3) is 0.667. The zero-order valence-corrected chi connectivity index (χ0v) is 18.5. The number of rotatable bonds is 5. The minimum Gasteiger partial charge on any atom is -0.395 e. The van der Waals surface area contributed by atoms with Gasteiger partial charge in [0.2, 0.25) is 5.91 Å². The Morgan fingerprint density at radius 2 is 1.97 bits per heavy atom. The number of carbonyl (C=O) groups excluding carboxylic acids is 2. The molecule has 0 unspecified atom stereocenters. The molecule has 1 aromatic rings. The first-order valence-corrected chi connectivity index (χ1v) is 11.6. The highest BCUT2D eigenvalue weighted by Gasteiger charge is 2.53. The first-order valence-electron chi connectivity index (χ1n) is 11.6. The van der Waals surface area contributed by atoms with Crippen LogP contribution in [0.4, 0.5) is 0 Å². The first kappa shape index (κ1) is 22.2. The van der Waals surface area contributed by atoms with Crippen molar-refractivity contribution >= 4 is 11.8 Å². The lowest BCUT2D eigenvalue weighted by molar-refractivity contribution is -0.143. The molecule has 1 aromatic carbocycles. The van der Waals surface area contributed by atoms with Gasteiger partial charge in [0.25, 0.3) is 5.91 Å². The Hall–Kier alpha value is -1.96. The van der Waals surface area contributed by atoms with Crippen molar-refractivity contribution in [3.8, 4) is 0 Å².